The highest BCUT2D eigenvalue weighted by molar-refractivity contribution is 6.31. The van der Waals surface area contributed by atoms with Gasteiger partial charge in [-0.3, -0.25) is 5.32 Å². The van der Waals surface area contributed by atoms with Crippen LogP contribution in [0.1, 0.15) is 0 Å². The summed E-state index contributed by atoms with van der Waals surface area (Å²) in [4.78, 5) is 11.1. The number of hydrogen-bond acceptors (Lipinski definition) is 2. The van der Waals surface area contributed by atoms with Gasteiger partial charge in [-0.2, -0.15) is 0 Å². The fourth-order valence-electron chi connectivity index (χ4n) is 0.849. The standard InChI is InChI=1S/C10H7Cl2NO2/c11-5-2-6-15-10(14)13-9-4-1-3-8(12)7-9/h1,3-4,7H,6H2,(H,13,14). The highest BCUT2D eigenvalue weighted by atomic mass is 35.5. The van der Waals surface area contributed by atoms with Gasteiger partial charge in [0.15, 0.2) is 6.61 Å². The van der Waals surface area contributed by atoms with E-state index in [1.807, 2.05) is 0 Å². The van der Waals surface area contributed by atoms with Gasteiger partial charge >= 0.3 is 6.09 Å². The van der Waals surface area contributed by atoms with Gasteiger partial charge in [-0.1, -0.05) is 17.7 Å². The van der Waals surface area contributed by atoms with E-state index in [9.17, 15) is 4.79 Å². The molecule has 5 heteroatoms. The second kappa shape index (κ2) is 6.18. The van der Waals surface area contributed by atoms with E-state index in [0.717, 1.165) is 0 Å². The average Bonchev–Trinajstić information content (AvgIpc) is 2.18. The number of benzene rings is 1. The first kappa shape index (κ1) is 11.7. The number of nitrogens with one attached hydrogen (secondary N) is 1. The highest BCUT2D eigenvalue weighted by Gasteiger charge is 2.01. The molecule has 0 bridgehead atoms. The minimum Gasteiger partial charge on any atom is -0.436 e. The number of anilines is 1. The highest BCUT2D eigenvalue weighted by Crippen LogP contribution is 2.14. The Morgan fingerprint density at radius 1 is 1.53 bits per heavy atom. The van der Waals surface area contributed by atoms with Crippen molar-refractivity contribution < 1.29 is 9.53 Å². The van der Waals surface area contributed by atoms with Crippen LogP contribution in [-0.2, 0) is 4.74 Å². The number of rotatable bonds is 2. The molecule has 0 fully saturated rings. The number of ether oxygens (including phenoxy) is 1. The zero-order valence-corrected chi connectivity index (χ0v) is 9.10. The lowest BCUT2D eigenvalue weighted by Gasteiger charge is -2.04. The molecule has 0 saturated heterocycles. The number of hydrogen-bond donors (Lipinski definition) is 1. The summed E-state index contributed by atoms with van der Waals surface area (Å²) in [5.74, 6) is 2.38. The van der Waals surface area contributed by atoms with E-state index in [1.165, 1.54) is 0 Å². The van der Waals surface area contributed by atoms with Crippen molar-refractivity contribution in [2.24, 2.45) is 0 Å². The van der Waals surface area contributed by atoms with E-state index < -0.39 is 6.09 Å². The molecule has 1 aromatic rings. The van der Waals surface area contributed by atoms with Crippen molar-refractivity contribution in [3.05, 3.63) is 29.3 Å². The van der Waals surface area contributed by atoms with Gasteiger partial charge in [0.2, 0.25) is 0 Å². The average molecular weight is 244 g/mol. The van der Waals surface area contributed by atoms with Crippen LogP contribution in [0.25, 0.3) is 0 Å². The van der Waals surface area contributed by atoms with Crippen LogP contribution in [0.5, 0.6) is 0 Å². The Balaban J connectivity index is 2.46. The summed E-state index contributed by atoms with van der Waals surface area (Å²) in [6.45, 7) is -0.0457. The van der Waals surface area contributed by atoms with Crippen molar-refractivity contribution in [1.82, 2.24) is 0 Å². The van der Waals surface area contributed by atoms with Crippen molar-refractivity contribution in [3.63, 3.8) is 0 Å². The summed E-state index contributed by atoms with van der Waals surface area (Å²) in [7, 11) is 0. The van der Waals surface area contributed by atoms with Crippen molar-refractivity contribution in [2.45, 2.75) is 0 Å². The van der Waals surface area contributed by atoms with Crippen LogP contribution in [0, 0.1) is 11.3 Å². The minimum atomic E-state index is -0.600. The van der Waals surface area contributed by atoms with Crippen LogP contribution >= 0.6 is 23.2 Å². The van der Waals surface area contributed by atoms with Gasteiger partial charge in [0.05, 0.1) is 0 Å². The molecule has 0 aliphatic rings. The van der Waals surface area contributed by atoms with E-state index in [1.54, 1.807) is 24.3 Å². The zero-order chi connectivity index (χ0) is 11.1. The molecule has 15 heavy (non-hydrogen) atoms. The molecule has 1 amide bonds. The summed E-state index contributed by atoms with van der Waals surface area (Å²) in [5, 5.41) is 5.11. The zero-order valence-electron chi connectivity index (χ0n) is 7.59. The van der Waals surface area contributed by atoms with Gasteiger partial charge in [0.1, 0.15) is 0 Å². The molecule has 1 aromatic carbocycles. The molecule has 0 aliphatic heterocycles. The van der Waals surface area contributed by atoms with E-state index >= 15 is 0 Å². The first-order valence-corrected chi connectivity index (χ1v) is 4.76. The number of amides is 1. The molecule has 0 aromatic heterocycles. The van der Waals surface area contributed by atoms with Gasteiger partial charge in [-0.25, -0.2) is 4.79 Å². The topological polar surface area (TPSA) is 38.3 Å². The molecule has 0 radical (unpaired) electrons. The predicted octanol–water partition coefficient (Wildman–Crippen LogP) is 3.09. The Morgan fingerprint density at radius 2 is 2.33 bits per heavy atom. The van der Waals surface area contributed by atoms with E-state index in [-0.39, 0.29) is 6.61 Å². The lowest BCUT2D eigenvalue weighted by molar-refractivity contribution is 0.176. The molecule has 1 rings (SSSR count). The third kappa shape index (κ3) is 4.59. The lowest BCUT2D eigenvalue weighted by atomic mass is 10.3. The molecular weight excluding hydrogens is 237 g/mol. The van der Waals surface area contributed by atoms with Gasteiger partial charge in [0, 0.05) is 16.1 Å². The molecule has 1 N–H and O–H groups in total. The first-order valence-electron chi connectivity index (χ1n) is 4.00. The molecule has 0 atom stereocenters. The van der Waals surface area contributed by atoms with Gasteiger partial charge in [-0.15, -0.1) is 0 Å². The molecule has 0 saturated carbocycles. The molecule has 78 valence electrons. The molecule has 0 heterocycles. The summed E-state index contributed by atoms with van der Waals surface area (Å²) in [6.07, 6.45) is -0.600. The van der Waals surface area contributed by atoms with Crippen LogP contribution in [0.2, 0.25) is 5.02 Å². The van der Waals surface area contributed by atoms with Gasteiger partial charge < -0.3 is 4.74 Å². The molecule has 0 spiro atoms. The predicted molar refractivity (Wildman–Crippen MR) is 60.1 cm³/mol. The maximum Gasteiger partial charge on any atom is 0.412 e. The maximum absolute atomic E-state index is 11.1. The van der Waals surface area contributed by atoms with E-state index in [2.05, 4.69) is 21.4 Å². The van der Waals surface area contributed by atoms with Crippen molar-refractivity contribution in [1.29, 1.82) is 0 Å². The van der Waals surface area contributed by atoms with Crippen molar-refractivity contribution >= 4 is 35.0 Å². The minimum absolute atomic E-state index is 0.0457. The van der Waals surface area contributed by atoms with E-state index in [0.29, 0.717) is 10.7 Å². The van der Waals surface area contributed by atoms with Gasteiger partial charge in [0.25, 0.3) is 0 Å². The quantitative estimate of drug-likeness (QED) is 0.811. The summed E-state index contributed by atoms with van der Waals surface area (Å²) >= 11 is 10.8. The second-order valence-electron chi connectivity index (χ2n) is 2.48. The Bertz CT molecular complexity index is 409. The van der Waals surface area contributed by atoms with Crippen LogP contribution < -0.4 is 5.32 Å². The van der Waals surface area contributed by atoms with Crippen LogP contribution in [0.4, 0.5) is 10.5 Å². The Hall–Kier alpha value is -1.37. The maximum atomic E-state index is 11.1. The third-order valence-corrected chi connectivity index (χ3v) is 1.78. The number of halogens is 2. The van der Waals surface area contributed by atoms with Crippen LogP contribution in [0.15, 0.2) is 24.3 Å². The summed E-state index contributed by atoms with van der Waals surface area (Å²) in [5.41, 5.74) is 0.561. The van der Waals surface area contributed by atoms with Crippen LogP contribution in [-0.4, -0.2) is 12.7 Å². The molecular formula is C10H7Cl2NO2. The lowest BCUT2D eigenvalue weighted by Crippen LogP contribution is -2.13. The Morgan fingerprint density at radius 3 is 3.00 bits per heavy atom. The smallest absolute Gasteiger partial charge is 0.412 e. The fraction of sp³-hybridized carbons (Fsp3) is 0.100. The monoisotopic (exact) mass is 243 g/mol. The van der Waals surface area contributed by atoms with E-state index in [4.69, 9.17) is 23.2 Å². The number of carbonyl (C=O) groups excluding carboxylic acids is 1. The second-order valence-corrected chi connectivity index (χ2v) is 3.11. The number of carbonyl (C=O) groups is 1. The van der Waals surface area contributed by atoms with Crippen molar-refractivity contribution in [2.75, 3.05) is 11.9 Å². The molecule has 3 nitrogen and oxygen atoms in total. The van der Waals surface area contributed by atoms with Crippen LogP contribution in [0.3, 0.4) is 0 Å². The normalized spacial score (nSPS) is 8.67. The summed E-state index contributed by atoms with van der Waals surface area (Å²) < 4.78 is 4.68. The summed E-state index contributed by atoms with van der Waals surface area (Å²) in [6, 6.07) is 6.73. The first-order chi connectivity index (χ1) is 7.22. The third-order valence-electron chi connectivity index (χ3n) is 1.41. The Labute approximate surface area is 97.3 Å². The Kier molecular flexibility index (Phi) is 4.82. The molecule has 0 unspecified atom stereocenters. The van der Waals surface area contributed by atoms with Crippen molar-refractivity contribution in [3.8, 4) is 11.3 Å². The largest absolute Gasteiger partial charge is 0.436 e. The van der Waals surface area contributed by atoms with Gasteiger partial charge in [-0.05, 0) is 35.7 Å². The fourth-order valence-corrected chi connectivity index (χ4v) is 1.09. The SMILES string of the molecule is O=C(Nc1cccc(Cl)c1)OCC#CCl. The molecule has 0 aliphatic carbocycles.